The summed E-state index contributed by atoms with van der Waals surface area (Å²) in [6.07, 6.45) is 5.80. The molecule has 0 radical (unpaired) electrons. The average Bonchev–Trinajstić information content (AvgIpc) is 2.82. The van der Waals surface area contributed by atoms with Crippen molar-refractivity contribution in [2.24, 2.45) is 23.7 Å². The molecular weight excluding hydrogens is 343 g/mol. The number of rotatable bonds is 3. The summed E-state index contributed by atoms with van der Waals surface area (Å²) in [5, 5.41) is 0.575. The lowest BCUT2D eigenvalue weighted by atomic mass is 9.80. The maximum atomic E-state index is 13.6. The van der Waals surface area contributed by atoms with Crippen molar-refractivity contribution in [1.82, 2.24) is 0 Å². The topological polar surface area (TPSA) is 9.23 Å². The van der Waals surface area contributed by atoms with Gasteiger partial charge in [0.15, 0.2) is 0 Å². The zero-order chi connectivity index (χ0) is 13.9. The summed E-state index contributed by atoms with van der Waals surface area (Å²) in [4.78, 5) is 0. The van der Waals surface area contributed by atoms with Crippen molar-refractivity contribution in [3.63, 3.8) is 0 Å². The van der Waals surface area contributed by atoms with Crippen LogP contribution in [0, 0.1) is 29.5 Å². The lowest BCUT2D eigenvalue weighted by Gasteiger charge is -2.32. The van der Waals surface area contributed by atoms with Crippen LogP contribution >= 0.6 is 27.5 Å². The van der Waals surface area contributed by atoms with E-state index in [1.54, 1.807) is 6.07 Å². The molecule has 4 aliphatic carbocycles. The highest BCUT2D eigenvalue weighted by Crippen LogP contribution is 2.59. The smallest absolute Gasteiger partial charge is 0.137 e. The van der Waals surface area contributed by atoms with Crippen molar-refractivity contribution in [2.45, 2.75) is 38.4 Å². The number of halogens is 3. The summed E-state index contributed by atoms with van der Waals surface area (Å²) in [5.74, 6) is 3.05. The van der Waals surface area contributed by atoms with E-state index in [-0.39, 0.29) is 5.82 Å². The molecule has 5 unspecified atom stereocenters. The predicted molar refractivity (Wildman–Crippen MR) is 80.1 cm³/mol. The summed E-state index contributed by atoms with van der Waals surface area (Å²) in [6.45, 7) is 0.429. The van der Waals surface area contributed by atoms with Gasteiger partial charge in [0, 0.05) is 5.02 Å². The van der Waals surface area contributed by atoms with Gasteiger partial charge in [-0.15, -0.1) is 0 Å². The van der Waals surface area contributed by atoms with E-state index in [0.29, 0.717) is 22.2 Å². The Morgan fingerprint density at radius 2 is 2.00 bits per heavy atom. The highest BCUT2D eigenvalue weighted by molar-refractivity contribution is 9.10. The first-order valence-electron chi connectivity index (χ1n) is 7.37. The Balaban J connectivity index is 1.48. The van der Waals surface area contributed by atoms with Crippen molar-refractivity contribution in [3.05, 3.63) is 33.0 Å². The largest absolute Gasteiger partial charge is 0.373 e. The first-order valence-corrected chi connectivity index (χ1v) is 8.54. The first kappa shape index (κ1) is 13.5. The summed E-state index contributed by atoms with van der Waals surface area (Å²) in [7, 11) is 0. The molecule has 0 amide bonds. The fourth-order valence-corrected chi connectivity index (χ4v) is 5.49. The molecule has 4 saturated carbocycles. The van der Waals surface area contributed by atoms with Crippen molar-refractivity contribution >= 4 is 27.5 Å². The number of hydrogen-bond donors (Lipinski definition) is 0. The molecule has 108 valence electrons. The molecular formula is C16H17BrClFO. The highest BCUT2D eigenvalue weighted by Gasteiger charge is 2.54. The van der Waals surface area contributed by atoms with Gasteiger partial charge in [-0.1, -0.05) is 11.6 Å². The molecule has 0 N–H and O–H groups in total. The minimum Gasteiger partial charge on any atom is -0.373 e. The van der Waals surface area contributed by atoms with Gasteiger partial charge < -0.3 is 4.74 Å². The van der Waals surface area contributed by atoms with Gasteiger partial charge in [-0.3, -0.25) is 0 Å². The van der Waals surface area contributed by atoms with Crippen LogP contribution in [0.2, 0.25) is 5.02 Å². The average molecular weight is 360 g/mol. The quantitative estimate of drug-likeness (QED) is 0.675. The van der Waals surface area contributed by atoms with Crippen molar-refractivity contribution < 1.29 is 9.13 Å². The summed E-state index contributed by atoms with van der Waals surface area (Å²) in [6, 6.07) is 3.10. The fraction of sp³-hybridized carbons (Fsp3) is 0.625. The van der Waals surface area contributed by atoms with E-state index < -0.39 is 0 Å². The first-order chi connectivity index (χ1) is 9.61. The molecule has 1 aromatic rings. The van der Waals surface area contributed by atoms with Crippen LogP contribution in [0.5, 0.6) is 0 Å². The fourth-order valence-electron chi connectivity index (χ4n) is 4.79. The SMILES string of the molecule is Fc1cc(COC2C3CC4CC(C3)C2C4)c(Cl)cc1Br. The van der Waals surface area contributed by atoms with E-state index in [0.717, 1.165) is 29.2 Å². The Bertz CT molecular complexity index is 546. The Kier molecular flexibility index (Phi) is 3.36. The lowest BCUT2D eigenvalue weighted by Crippen LogP contribution is -2.30. The van der Waals surface area contributed by atoms with Gasteiger partial charge in [-0.05, 0) is 83.0 Å². The normalized spacial score (nSPS) is 37.9. The molecule has 0 saturated heterocycles. The number of ether oxygens (including phenoxy) is 1. The van der Waals surface area contributed by atoms with Gasteiger partial charge in [-0.25, -0.2) is 4.39 Å². The third-order valence-corrected chi connectivity index (χ3v) is 6.46. The molecule has 5 atom stereocenters. The molecule has 4 fully saturated rings. The summed E-state index contributed by atoms with van der Waals surface area (Å²) >= 11 is 9.32. The van der Waals surface area contributed by atoms with Crippen LogP contribution in [0.25, 0.3) is 0 Å². The summed E-state index contributed by atoms with van der Waals surface area (Å²) in [5.41, 5.74) is 0.754. The monoisotopic (exact) mass is 358 g/mol. The molecule has 5 rings (SSSR count). The Labute approximate surface area is 132 Å². The number of hydrogen-bond acceptors (Lipinski definition) is 1. The zero-order valence-electron chi connectivity index (χ0n) is 11.1. The van der Waals surface area contributed by atoms with Gasteiger partial charge >= 0.3 is 0 Å². The second-order valence-corrected chi connectivity index (χ2v) is 7.89. The molecule has 0 aromatic heterocycles. The van der Waals surface area contributed by atoms with Crippen molar-refractivity contribution in [2.75, 3.05) is 0 Å². The van der Waals surface area contributed by atoms with E-state index in [9.17, 15) is 4.39 Å². The Morgan fingerprint density at radius 1 is 1.20 bits per heavy atom. The van der Waals surface area contributed by atoms with Gasteiger partial charge in [0.1, 0.15) is 5.82 Å². The van der Waals surface area contributed by atoms with Crippen LogP contribution in [0.4, 0.5) is 4.39 Å². The van der Waals surface area contributed by atoms with E-state index in [1.165, 1.54) is 31.7 Å². The highest BCUT2D eigenvalue weighted by atomic mass is 79.9. The van der Waals surface area contributed by atoms with E-state index >= 15 is 0 Å². The maximum absolute atomic E-state index is 13.6. The predicted octanol–water partition coefficient (Wildman–Crippen LogP) is 5.19. The third kappa shape index (κ3) is 2.13. The molecule has 1 aromatic carbocycles. The van der Waals surface area contributed by atoms with Crippen LogP contribution in [-0.4, -0.2) is 6.10 Å². The third-order valence-electron chi connectivity index (χ3n) is 5.50. The molecule has 0 aliphatic heterocycles. The molecule has 1 nitrogen and oxygen atoms in total. The molecule has 4 aliphatic rings. The van der Waals surface area contributed by atoms with E-state index in [2.05, 4.69) is 15.9 Å². The lowest BCUT2D eigenvalue weighted by molar-refractivity contribution is -0.0324. The number of benzene rings is 1. The Hall–Kier alpha value is -0.120. The van der Waals surface area contributed by atoms with Crippen molar-refractivity contribution in [1.29, 1.82) is 0 Å². The molecule has 0 heterocycles. The standard InChI is InChI=1S/C16H17BrClFO/c17-13-6-14(18)11(5-15(13)19)7-20-16-10-2-8-1-9(4-10)12(16)3-8/h5-6,8-10,12,16H,1-4,7H2. The maximum Gasteiger partial charge on any atom is 0.137 e. The molecule has 4 heteroatoms. The van der Waals surface area contributed by atoms with Gasteiger partial charge in [0.25, 0.3) is 0 Å². The second kappa shape index (κ2) is 4.96. The van der Waals surface area contributed by atoms with E-state index in [1.807, 2.05) is 0 Å². The van der Waals surface area contributed by atoms with Gasteiger partial charge in [-0.2, -0.15) is 0 Å². The second-order valence-electron chi connectivity index (χ2n) is 6.63. The van der Waals surface area contributed by atoms with Crippen LogP contribution in [0.3, 0.4) is 0 Å². The van der Waals surface area contributed by atoms with E-state index in [4.69, 9.17) is 16.3 Å². The van der Waals surface area contributed by atoms with Crippen LogP contribution in [0.1, 0.15) is 31.2 Å². The molecule has 20 heavy (non-hydrogen) atoms. The minimum absolute atomic E-state index is 0.276. The van der Waals surface area contributed by atoms with Gasteiger partial charge in [0.05, 0.1) is 17.2 Å². The molecule has 0 spiro atoms. The van der Waals surface area contributed by atoms with Gasteiger partial charge in [0.2, 0.25) is 0 Å². The van der Waals surface area contributed by atoms with Crippen LogP contribution < -0.4 is 0 Å². The van der Waals surface area contributed by atoms with Crippen LogP contribution in [0.15, 0.2) is 16.6 Å². The van der Waals surface area contributed by atoms with Crippen LogP contribution in [-0.2, 0) is 11.3 Å². The van der Waals surface area contributed by atoms with Crippen molar-refractivity contribution in [3.8, 4) is 0 Å². The summed E-state index contributed by atoms with van der Waals surface area (Å²) < 4.78 is 20.2. The molecule has 4 bridgehead atoms. The zero-order valence-corrected chi connectivity index (χ0v) is 13.5. The minimum atomic E-state index is -0.276. The Morgan fingerprint density at radius 3 is 2.80 bits per heavy atom.